The minimum Gasteiger partial charge on any atom is -0.324 e. The quantitative estimate of drug-likeness (QED) is 0.876. The number of carbonyl (C=O) groups excluding carboxylic acids is 1. The van der Waals surface area contributed by atoms with Crippen LogP contribution in [0.15, 0.2) is 18.2 Å². The van der Waals surface area contributed by atoms with Crippen LogP contribution in [0.2, 0.25) is 0 Å². The first-order valence-corrected chi connectivity index (χ1v) is 8.84. The average Bonchev–Trinajstić information content (AvgIpc) is 2.38. The predicted molar refractivity (Wildman–Crippen MR) is 85.8 cm³/mol. The molecule has 1 aromatic rings. The van der Waals surface area contributed by atoms with E-state index in [0.717, 1.165) is 23.1 Å². The molecule has 0 aliphatic carbocycles. The van der Waals surface area contributed by atoms with Gasteiger partial charge in [0.1, 0.15) is 0 Å². The first-order valence-electron chi connectivity index (χ1n) is 6.99. The van der Waals surface area contributed by atoms with Crippen LogP contribution in [0.1, 0.15) is 31.4 Å². The molecule has 0 radical (unpaired) electrons. The van der Waals surface area contributed by atoms with Crippen molar-refractivity contribution >= 4 is 21.6 Å². The van der Waals surface area contributed by atoms with E-state index in [1.54, 1.807) is 6.92 Å². The van der Waals surface area contributed by atoms with Gasteiger partial charge in [-0.1, -0.05) is 25.1 Å². The van der Waals surface area contributed by atoms with Crippen molar-refractivity contribution in [2.45, 2.75) is 40.2 Å². The van der Waals surface area contributed by atoms with E-state index >= 15 is 0 Å². The van der Waals surface area contributed by atoms with Crippen LogP contribution in [0.5, 0.6) is 0 Å². The second-order valence-corrected chi connectivity index (χ2v) is 7.32. The fraction of sp³-hybridized carbons (Fsp3) is 0.533. The molecule has 118 valence electrons. The molecular weight excluding hydrogens is 288 g/mol. The van der Waals surface area contributed by atoms with E-state index in [2.05, 4.69) is 5.32 Å². The molecule has 6 heteroatoms. The summed E-state index contributed by atoms with van der Waals surface area (Å²) < 4.78 is 24.8. The van der Waals surface area contributed by atoms with Crippen molar-refractivity contribution in [1.82, 2.24) is 4.31 Å². The number of hydrogen-bond acceptors (Lipinski definition) is 3. The molecule has 0 spiro atoms. The van der Waals surface area contributed by atoms with Gasteiger partial charge in [-0.05, 0) is 38.3 Å². The molecule has 0 saturated heterocycles. The molecule has 0 aliphatic heterocycles. The van der Waals surface area contributed by atoms with E-state index in [1.807, 2.05) is 39.0 Å². The van der Waals surface area contributed by atoms with Gasteiger partial charge in [-0.15, -0.1) is 0 Å². The maximum absolute atomic E-state index is 12.2. The lowest BCUT2D eigenvalue weighted by molar-refractivity contribution is -0.116. The highest BCUT2D eigenvalue weighted by atomic mass is 32.2. The minimum atomic E-state index is -3.41. The number of nitrogens with one attached hydrogen (secondary N) is 1. The molecule has 1 rings (SSSR count). The van der Waals surface area contributed by atoms with Crippen LogP contribution in [-0.4, -0.2) is 37.5 Å². The number of aryl methyl sites for hydroxylation is 2. The number of sulfonamides is 1. The summed E-state index contributed by atoms with van der Waals surface area (Å²) in [7, 11) is -3.41. The summed E-state index contributed by atoms with van der Waals surface area (Å²) in [6.07, 6.45) is 1.79. The van der Waals surface area contributed by atoms with Crippen molar-refractivity contribution < 1.29 is 13.2 Å². The highest BCUT2D eigenvalue weighted by Crippen LogP contribution is 2.19. The lowest BCUT2D eigenvalue weighted by Crippen LogP contribution is -2.42. The third kappa shape index (κ3) is 4.82. The third-order valence-corrected chi connectivity index (χ3v) is 4.89. The van der Waals surface area contributed by atoms with Gasteiger partial charge in [0, 0.05) is 11.7 Å². The van der Waals surface area contributed by atoms with Gasteiger partial charge >= 0.3 is 0 Å². The van der Waals surface area contributed by atoms with Gasteiger partial charge < -0.3 is 5.32 Å². The van der Waals surface area contributed by atoms with Crippen LogP contribution in [0.4, 0.5) is 5.69 Å². The van der Waals surface area contributed by atoms with E-state index < -0.39 is 10.0 Å². The molecular formula is C15H24N2O3S. The molecule has 0 saturated carbocycles. The smallest absolute Gasteiger partial charge is 0.239 e. The lowest BCUT2D eigenvalue weighted by Gasteiger charge is -2.25. The lowest BCUT2D eigenvalue weighted by atomic mass is 10.1. The predicted octanol–water partition coefficient (Wildman–Crippen LogP) is 2.30. The molecule has 0 aromatic heterocycles. The summed E-state index contributed by atoms with van der Waals surface area (Å²) in [4.78, 5) is 12.2. The van der Waals surface area contributed by atoms with Crippen LogP contribution in [0, 0.1) is 13.8 Å². The van der Waals surface area contributed by atoms with Crippen molar-refractivity contribution in [2.75, 3.05) is 18.1 Å². The highest BCUT2D eigenvalue weighted by molar-refractivity contribution is 7.88. The molecule has 0 aliphatic rings. The standard InChI is InChI=1S/C15H24N2O3S/c1-6-13(4)17(21(5,19)20)10-14(18)16-15-11(2)8-7-9-12(15)3/h7-9,13H,6,10H2,1-5H3,(H,16,18). The Morgan fingerprint density at radius 1 is 1.29 bits per heavy atom. The normalized spacial score (nSPS) is 13.2. The van der Waals surface area contributed by atoms with Gasteiger partial charge in [-0.3, -0.25) is 4.79 Å². The number of anilines is 1. The maximum Gasteiger partial charge on any atom is 0.239 e. The Kier molecular flexibility index (Phi) is 5.92. The van der Waals surface area contributed by atoms with E-state index in [0.29, 0.717) is 6.42 Å². The maximum atomic E-state index is 12.2. The van der Waals surface area contributed by atoms with E-state index in [9.17, 15) is 13.2 Å². The summed E-state index contributed by atoms with van der Waals surface area (Å²) in [5, 5.41) is 2.81. The number of nitrogens with zero attached hydrogens (tertiary/aromatic N) is 1. The zero-order valence-electron chi connectivity index (χ0n) is 13.3. The summed E-state index contributed by atoms with van der Waals surface area (Å²) in [6.45, 7) is 7.35. The van der Waals surface area contributed by atoms with Gasteiger partial charge in [0.25, 0.3) is 0 Å². The number of amides is 1. The Labute approximate surface area is 127 Å². The first kappa shape index (κ1) is 17.7. The molecule has 0 bridgehead atoms. The minimum absolute atomic E-state index is 0.165. The molecule has 21 heavy (non-hydrogen) atoms. The number of benzene rings is 1. The second kappa shape index (κ2) is 7.04. The van der Waals surface area contributed by atoms with Crippen LogP contribution in [0.25, 0.3) is 0 Å². The van der Waals surface area contributed by atoms with Crippen LogP contribution < -0.4 is 5.32 Å². The average molecular weight is 312 g/mol. The Morgan fingerprint density at radius 3 is 2.24 bits per heavy atom. The van der Waals surface area contributed by atoms with Gasteiger partial charge in [-0.25, -0.2) is 8.42 Å². The van der Waals surface area contributed by atoms with Gasteiger partial charge in [0.15, 0.2) is 0 Å². The van der Waals surface area contributed by atoms with Crippen LogP contribution in [-0.2, 0) is 14.8 Å². The fourth-order valence-electron chi connectivity index (χ4n) is 2.14. The fourth-order valence-corrected chi connectivity index (χ4v) is 3.29. The molecule has 1 atom stereocenters. The zero-order valence-corrected chi connectivity index (χ0v) is 14.1. The Balaban J connectivity index is 2.89. The largest absolute Gasteiger partial charge is 0.324 e. The molecule has 0 heterocycles. The molecule has 0 fully saturated rings. The highest BCUT2D eigenvalue weighted by Gasteiger charge is 2.25. The molecule has 1 amide bonds. The van der Waals surface area contributed by atoms with Crippen molar-refractivity contribution in [3.05, 3.63) is 29.3 Å². The number of hydrogen-bond donors (Lipinski definition) is 1. The summed E-state index contributed by atoms with van der Waals surface area (Å²) in [6, 6.07) is 5.53. The third-order valence-electron chi connectivity index (χ3n) is 3.55. The first-order chi connectivity index (χ1) is 9.66. The van der Waals surface area contributed by atoms with Crippen LogP contribution in [0.3, 0.4) is 0 Å². The van der Waals surface area contributed by atoms with Crippen molar-refractivity contribution in [3.8, 4) is 0 Å². The SMILES string of the molecule is CCC(C)N(CC(=O)Nc1c(C)cccc1C)S(C)(=O)=O. The summed E-state index contributed by atoms with van der Waals surface area (Å²) in [5.41, 5.74) is 2.66. The molecule has 1 N–H and O–H groups in total. The second-order valence-electron chi connectivity index (χ2n) is 5.38. The van der Waals surface area contributed by atoms with Gasteiger partial charge in [-0.2, -0.15) is 4.31 Å². The van der Waals surface area contributed by atoms with Gasteiger partial charge in [0.2, 0.25) is 15.9 Å². The summed E-state index contributed by atoms with van der Waals surface area (Å²) in [5.74, 6) is -0.321. The molecule has 5 nitrogen and oxygen atoms in total. The van der Waals surface area contributed by atoms with Crippen molar-refractivity contribution in [1.29, 1.82) is 0 Å². The number of carbonyl (C=O) groups is 1. The number of para-hydroxylation sites is 1. The van der Waals surface area contributed by atoms with Crippen molar-refractivity contribution in [3.63, 3.8) is 0 Å². The van der Waals surface area contributed by atoms with E-state index in [1.165, 1.54) is 4.31 Å². The Bertz CT molecular complexity index is 591. The van der Waals surface area contributed by atoms with E-state index in [-0.39, 0.29) is 18.5 Å². The number of rotatable bonds is 6. The zero-order chi connectivity index (χ0) is 16.2. The summed E-state index contributed by atoms with van der Waals surface area (Å²) >= 11 is 0. The molecule has 1 unspecified atom stereocenters. The monoisotopic (exact) mass is 312 g/mol. The topological polar surface area (TPSA) is 66.5 Å². The Morgan fingerprint density at radius 2 is 1.81 bits per heavy atom. The Hall–Kier alpha value is -1.40. The van der Waals surface area contributed by atoms with Crippen molar-refractivity contribution in [2.24, 2.45) is 0 Å². The van der Waals surface area contributed by atoms with E-state index in [4.69, 9.17) is 0 Å². The molecule has 1 aromatic carbocycles. The van der Waals surface area contributed by atoms with Crippen LogP contribution >= 0.6 is 0 Å². The van der Waals surface area contributed by atoms with Gasteiger partial charge in [0.05, 0.1) is 12.8 Å².